The Bertz CT molecular complexity index is 548. The van der Waals surface area contributed by atoms with Crippen LogP contribution in [0.1, 0.15) is 18.4 Å². The predicted octanol–water partition coefficient (Wildman–Crippen LogP) is 1.39. The van der Waals surface area contributed by atoms with Crippen molar-refractivity contribution in [3.63, 3.8) is 0 Å². The van der Waals surface area contributed by atoms with Gasteiger partial charge < -0.3 is 4.90 Å². The summed E-state index contributed by atoms with van der Waals surface area (Å²) >= 11 is 0. The van der Waals surface area contributed by atoms with E-state index >= 15 is 0 Å². The number of amides is 1. The van der Waals surface area contributed by atoms with Gasteiger partial charge in [0.15, 0.2) is 9.84 Å². The number of aryl methyl sites for hydroxylation is 1. The molecule has 4 nitrogen and oxygen atoms in total. The van der Waals surface area contributed by atoms with Gasteiger partial charge in [-0.25, -0.2) is 8.42 Å². The van der Waals surface area contributed by atoms with Crippen LogP contribution in [0.3, 0.4) is 0 Å². The molecule has 1 amide bonds. The lowest BCUT2D eigenvalue weighted by Crippen LogP contribution is -2.34. The maximum absolute atomic E-state index is 12.2. The van der Waals surface area contributed by atoms with Crippen molar-refractivity contribution in [3.05, 3.63) is 29.8 Å². The van der Waals surface area contributed by atoms with Gasteiger partial charge in [-0.2, -0.15) is 0 Å². The SMILES string of the molecule is Cc1ccc(S(=O)(=O)C[C@@H]2CCC(=O)N2C)cc1. The summed E-state index contributed by atoms with van der Waals surface area (Å²) in [6, 6.07) is 6.64. The largest absolute Gasteiger partial charge is 0.342 e. The lowest BCUT2D eigenvalue weighted by atomic mass is 10.2. The Morgan fingerprint density at radius 2 is 1.89 bits per heavy atom. The number of nitrogens with zero attached hydrogens (tertiary/aromatic N) is 1. The third-order valence-electron chi connectivity index (χ3n) is 3.42. The van der Waals surface area contributed by atoms with Crippen LogP contribution in [0.2, 0.25) is 0 Å². The molecular formula is C13H17NO3S. The summed E-state index contributed by atoms with van der Waals surface area (Å²) < 4.78 is 24.4. The van der Waals surface area contributed by atoms with Crippen molar-refractivity contribution >= 4 is 15.7 Å². The monoisotopic (exact) mass is 267 g/mol. The zero-order valence-electron chi connectivity index (χ0n) is 10.6. The molecule has 1 atom stereocenters. The highest BCUT2D eigenvalue weighted by atomic mass is 32.2. The van der Waals surface area contributed by atoms with Gasteiger partial charge in [0.25, 0.3) is 0 Å². The van der Waals surface area contributed by atoms with Crippen molar-refractivity contribution < 1.29 is 13.2 Å². The molecular weight excluding hydrogens is 250 g/mol. The average molecular weight is 267 g/mol. The smallest absolute Gasteiger partial charge is 0.222 e. The molecule has 0 saturated carbocycles. The van der Waals surface area contributed by atoms with Crippen molar-refractivity contribution in [1.82, 2.24) is 4.90 Å². The molecule has 0 bridgehead atoms. The molecule has 1 aliphatic rings. The fourth-order valence-electron chi connectivity index (χ4n) is 2.15. The predicted molar refractivity (Wildman–Crippen MR) is 69.0 cm³/mol. The minimum absolute atomic E-state index is 0.0122. The van der Waals surface area contributed by atoms with Crippen molar-refractivity contribution in [2.45, 2.75) is 30.7 Å². The van der Waals surface area contributed by atoms with E-state index in [9.17, 15) is 13.2 Å². The zero-order chi connectivity index (χ0) is 13.3. The second-order valence-electron chi connectivity index (χ2n) is 4.79. The normalized spacial score (nSPS) is 20.4. The number of carbonyl (C=O) groups excluding carboxylic acids is 1. The van der Waals surface area contributed by atoms with Crippen LogP contribution in [0.15, 0.2) is 29.2 Å². The van der Waals surface area contributed by atoms with E-state index in [1.54, 1.807) is 36.2 Å². The van der Waals surface area contributed by atoms with Crippen molar-refractivity contribution in [2.24, 2.45) is 0 Å². The highest BCUT2D eigenvalue weighted by molar-refractivity contribution is 7.91. The first-order valence-corrected chi connectivity index (χ1v) is 7.60. The molecule has 1 heterocycles. The number of carbonyl (C=O) groups is 1. The third-order valence-corrected chi connectivity index (χ3v) is 5.24. The molecule has 0 aliphatic carbocycles. The van der Waals surface area contributed by atoms with Gasteiger partial charge in [-0.05, 0) is 25.5 Å². The van der Waals surface area contributed by atoms with E-state index in [0.717, 1.165) is 5.56 Å². The Labute approximate surface area is 108 Å². The molecule has 0 radical (unpaired) electrons. The van der Waals surface area contributed by atoms with Gasteiger partial charge in [-0.1, -0.05) is 17.7 Å². The molecule has 1 aromatic rings. The fourth-order valence-corrected chi connectivity index (χ4v) is 3.79. The number of likely N-dealkylation sites (tertiary alicyclic amines) is 1. The number of benzene rings is 1. The van der Waals surface area contributed by atoms with Crippen LogP contribution in [0.25, 0.3) is 0 Å². The summed E-state index contributed by atoms with van der Waals surface area (Å²) in [7, 11) is -1.64. The van der Waals surface area contributed by atoms with E-state index < -0.39 is 9.84 Å². The van der Waals surface area contributed by atoms with Crippen LogP contribution < -0.4 is 0 Å². The van der Waals surface area contributed by atoms with Gasteiger partial charge in [-0.3, -0.25) is 4.79 Å². The first-order chi connectivity index (χ1) is 8.40. The zero-order valence-corrected chi connectivity index (χ0v) is 11.4. The topological polar surface area (TPSA) is 54.5 Å². The molecule has 5 heteroatoms. The van der Waals surface area contributed by atoms with Crippen molar-refractivity contribution in [2.75, 3.05) is 12.8 Å². The van der Waals surface area contributed by atoms with Gasteiger partial charge in [0.05, 0.1) is 10.6 Å². The van der Waals surface area contributed by atoms with Crippen LogP contribution in [0.4, 0.5) is 0 Å². The van der Waals surface area contributed by atoms with Gasteiger partial charge in [0, 0.05) is 19.5 Å². The summed E-state index contributed by atoms with van der Waals surface area (Å²) in [5, 5.41) is 0. The Morgan fingerprint density at radius 1 is 1.28 bits per heavy atom. The second-order valence-corrected chi connectivity index (χ2v) is 6.83. The van der Waals surface area contributed by atoms with Gasteiger partial charge in [0.2, 0.25) is 5.91 Å². The molecule has 1 fully saturated rings. The Balaban J connectivity index is 2.17. The van der Waals surface area contributed by atoms with E-state index in [2.05, 4.69) is 0 Å². The maximum atomic E-state index is 12.2. The average Bonchev–Trinajstić information content (AvgIpc) is 2.61. The number of hydrogen-bond acceptors (Lipinski definition) is 3. The van der Waals surface area contributed by atoms with Crippen LogP contribution in [-0.2, 0) is 14.6 Å². The molecule has 0 spiro atoms. The Hall–Kier alpha value is -1.36. The summed E-state index contributed by atoms with van der Waals surface area (Å²) in [4.78, 5) is 13.3. The highest BCUT2D eigenvalue weighted by Gasteiger charge is 2.32. The summed E-state index contributed by atoms with van der Waals surface area (Å²) in [6.07, 6.45) is 1.07. The minimum atomic E-state index is -3.31. The van der Waals surface area contributed by atoms with Crippen LogP contribution in [-0.4, -0.2) is 38.1 Å². The fraction of sp³-hybridized carbons (Fsp3) is 0.462. The molecule has 1 aliphatic heterocycles. The van der Waals surface area contributed by atoms with Crippen LogP contribution >= 0.6 is 0 Å². The first kappa shape index (κ1) is 13.1. The van der Waals surface area contributed by atoms with Crippen molar-refractivity contribution in [3.8, 4) is 0 Å². The van der Waals surface area contributed by atoms with E-state index in [4.69, 9.17) is 0 Å². The van der Waals surface area contributed by atoms with E-state index in [-0.39, 0.29) is 17.7 Å². The van der Waals surface area contributed by atoms with Crippen LogP contribution in [0, 0.1) is 6.92 Å². The standard InChI is InChI=1S/C13H17NO3S/c1-10-3-6-12(7-4-10)18(16,17)9-11-5-8-13(15)14(11)2/h3-4,6-7,11H,5,8-9H2,1-2H3/t11-/m0/s1. The van der Waals surface area contributed by atoms with Crippen molar-refractivity contribution in [1.29, 1.82) is 0 Å². The molecule has 0 unspecified atom stereocenters. The van der Waals surface area contributed by atoms with Gasteiger partial charge in [-0.15, -0.1) is 0 Å². The molecule has 98 valence electrons. The van der Waals surface area contributed by atoms with Gasteiger partial charge in [0.1, 0.15) is 0 Å². The lowest BCUT2D eigenvalue weighted by Gasteiger charge is -2.19. The molecule has 1 saturated heterocycles. The Morgan fingerprint density at radius 3 is 2.39 bits per heavy atom. The lowest BCUT2D eigenvalue weighted by molar-refractivity contribution is -0.127. The van der Waals surface area contributed by atoms with Gasteiger partial charge >= 0.3 is 0 Å². The quantitative estimate of drug-likeness (QED) is 0.831. The summed E-state index contributed by atoms with van der Waals surface area (Å²) in [6.45, 7) is 1.92. The molecule has 0 N–H and O–H groups in total. The van der Waals surface area contributed by atoms with E-state index in [0.29, 0.717) is 17.7 Å². The maximum Gasteiger partial charge on any atom is 0.222 e. The summed E-state index contributed by atoms with van der Waals surface area (Å²) in [5.74, 6) is 0.0392. The number of hydrogen-bond donors (Lipinski definition) is 0. The molecule has 18 heavy (non-hydrogen) atoms. The molecule has 0 aromatic heterocycles. The Kier molecular flexibility index (Phi) is 3.43. The second kappa shape index (κ2) is 4.72. The molecule has 1 aromatic carbocycles. The molecule has 2 rings (SSSR count). The number of rotatable bonds is 3. The highest BCUT2D eigenvalue weighted by Crippen LogP contribution is 2.21. The minimum Gasteiger partial charge on any atom is -0.342 e. The van der Waals surface area contributed by atoms with E-state index in [1.807, 2.05) is 6.92 Å². The third kappa shape index (κ3) is 2.56. The summed E-state index contributed by atoms with van der Waals surface area (Å²) in [5.41, 5.74) is 1.03. The van der Waals surface area contributed by atoms with E-state index in [1.165, 1.54) is 0 Å². The number of sulfone groups is 1. The van der Waals surface area contributed by atoms with Crippen LogP contribution in [0.5, 0.6) is 0 Å². The first-order valence-electron chi connectivity index (χ1n) is 5.95.